The molecule has 1 heterocycles. The monoisotopic (exact) mass is 186 g/mol. The molecule has 0 bridgehead atoms. The summed E-state index contributed by atoms with van der Waals surface area (Å²) in [5, 5.41) is 9.67. The molecule has 1 saturated heterocycles. The smallest absolute Gasteiger partial charge is 0.312 e. The summed E-state index contributed by atoms with van der Waals surface area (Å²) in [6, 6.07) is 0. The largest absolute Gasteiger partial charge is 0.461 e. The summed E-state index contributed by atoms with van der Waals surface area (Å²) in [6.07, 6.45) is 1.18. The predicted octanol–water partition coefficient (Wildman–Crippen LogP) is 1.34. The van der Waals surface area contributed by atoms with E-state index < -0.39 is 0 Å². The van der Waals surface area contributed by atoms with Crippen LogP contribution in [0.25, 0.3) is 0 Å². The van der Waals surface area contributed by atoms with Gasteiger partial charge >= 0.3 is 5.97 Å². The lowest BCUT2D eigenvalue weighted by molar-refractivity contribution is -0.194. The van der Waals surface area contributed by atoms with Gasteiger partial charge in [0, 0.05) is 5.92 Å². The van der Waals surface area contributed by atoms with Crippen molar-refractivity contribution >= 4 is 5.97 Å². The molecule has 1 fully saturated rings. The van der Waals surface area contributed by atoms with Gasteiger partial charge < -0.3 is 9.84 Å². The van der Waals surface area contributed by atoms with E-state index in [4.69, 9.17) is 4.74 Å². The molecular weight excluding hydrogens is 168 g/mol. The molecule has 0 saturated carbocycles. The summed E-state index contributed by atoms with van der Waals surface area (Å²) in [5.74, 6) is -0.0596. The van der Waals surface area contributed by atoms with Gasteiger partial charge in [0.25, 0.3) is 0 Å². The molecule has 4 atom stereocenters. The van der Waals surface area contributed by atoms with Gasteiger partial charge in [0.05, 0.1) is 12.0 Å². The molecule has 3 heteroatoms. The molecule has 13 heavy (non-hydrogen) atoms. The zero-order chi connectivity index (χ0) is 10.0. The molecule has 1 N–H and O–H groups in total. The third-order valence-corrected chi connectivity index (χ3v) is 2.92. The van der Waals surface area contributed by atoms with Crippen LogP contribution in [0.5, 0.6) is 0 Å². The molecule has 0 spiro atoms. The minimum atomic E-state index is -0.342. The highest BCUT2D eigenvalue weighted by Crippen LogP contribution is 2.32. The molecular formula is C10H18O3. The van der Waals surface area contributed by atoms with Crippen molar-refractivity contribution in [2.45, 2.75) is 45.8 Å². The number of carbonyl (C=O) groups excluding carboxylic acids is 1. The summed E-state index contributed by atoms with van der Waals surface area (Å²) in [5.41, 5.74) is 0. The van der Waals surface area contributed by atoms with Gasteiger partial charge in [-0.15, -0.1) is 0 Å². The van der Waals surface area contributed by atoms with E-state index in [1.54, 1.807) is 0 Å². The Balaban J connectivity index is 2.53. The number of ether oxygens (including phenoxy) is 1. The van der Waals surface area contributed by atoms with Gasteiger partial charge in [-0.05, 0) is 19.8 Å². The van der Waals surface area contributed by atoms with Crippen LogP contribution in [0.1, 0.15) is 33.6 Å². The minimum absolute atomic E-state index is 0.0360. The SMILES string of the molecule is CC[C@H]([C@H]1OC(=O)[C@H]1C)[C@H](O)CC. The first-order valence-corrected chi connectivity index (χ1v) is 5.00. The maximum atomic E-state index is 10.9. The molecule has 3 nitrogen and oxygen atoms in total. The van der Waals surface area contributed by atoms with Crippen molar-refractivity contribution in [1.82, 2.24) is 0 Å². The van der Waals surface area contributed by atoms with Crippen molar-refractivity contribution in [3.05, 3.63) is 0 Å². The van der Waals surface area contributed by atoms with Crippen LogP contribution in [0, 0.1) is 11.8 Å². The number of carbonyl (C=O) groups is 1. The standard InChI is InChI=1S/C10H18O3/c1-4-7(8(11)5-2)9-6(3)10(12)13-9/h6-9,11H,4-5H2,1-3H3/t6-,7-,8+,9-/m0/s1. The van der Waals surface area contributed by atoms with Crippen LogP contribution in [0.15, 0.2) is 0 Å². The molecule has 1 aliphatic rings. The summed E-state index contributed by atoms with van der Waals surface area (Å²) in [7, 11) is 0. The fourth-order valence-corrected chi connectivity index (χ4v) is 1.89. The first-order chi connectivity index (χ1) is 6.11. The van der Waals surface area contributed by atoms with E-state index >= 15 is 0 Å². The quantitative estimate of drug-likeness (QED) is 0.674. The fourth-order valence-electron chi connectivity index (χ4n) is 1.89. The van der Waals surface area contributed by atoms with E-state index in [9.17, 15) is 9.90 Å². The second kappa shape index (κ2) is 4.09. The highest BCUT2D eigenvalue weighted by molar-refractivity contribution is 5.78. The van der Waals surface area contributed by atoms with Gasteiger partial charge in [-0.25, -0.2) is 0 Å². The van der Waals surface area contributed by atoms with E-state index in [-0.39, 0.29) is 30.0 Å². The minimum Gasteiger partial charge on any atom is -0.461 e. The van der Waals surface area contributed by atoms with Gasteiger partial charge in [0.2, 0.25) is 0 Å². The highest BCUT2D eigenvalue weighted by Gasteiger charge is 2.44. The molecule has 0 amide bonds. The fraction of sp³-hybridized carbons (Fsp3) is 0.900. The van der Waals surface area contributed by atoms with Gasteiger partial charge in [0.15, 0.2) is 0 Å². The Morgan fingerprint density at radius 1 is 1.46 bits per heavy atom. The Bertz CT molecular complexity index is 191. The van der Waals surface area contributed by atoms with Crippen molar-refractivity contribution < 1.29 is 14.6 Å². The van der Waals surface area contributed by atoms with E-state index in [2.05, 4.69) is 0 Å². The molecule has 0 radical (unpaired) electrons. The number of rotatable bonds is 4. The Morgan fingerprint density at radius 3 is 2.38 bits per heavy atom. The van der Waals surface area contributed by atoms with Crippen LogP contribution in [0.2, 0.25) is 0 Å². The summed E-state index contributed by atoms with van der Waals surface area (Å²) in [4.78, 5) is 10.9. The molecule has 0 aromatic heterocycles. The summed E-state index contributed by atoms with van der Waals surface area (Å²) >= 11 is 0. The zero-order valence-electron chi connectivity index (χ0n) is 8.49. The Labute approximate surface area is 79.1 Å². The molecule has 0 unspecified atom stereocenters. The first kappa shape index (κ1) is 10.5. The van der Waals surface area contributed by atoms with Gasteiger partial charge in [-0.3, -0.25) is 4.79 Å². The van der Waals surface area contributed by atoms with Crippen molar-refractivity contribution in [3.63, 3.8) is 0 Å². The van der Waals surface area contributed by atoms with Crippen LogP contribution < -0.4 is 0 Å². The second-order valence-electron chi connectivity index (χ2n) is 3.74. The van der Waals surface area contributed by atoms with Gasteiger partial charge in [-0.2, -0.15) is 0 Å². The van der Waals surface area contributed by atoms with Crippen LogP contribution in [-0.4, -0.2) is 23.3 Å². The van der Waals surface area contributed by atoms with Gasteiger partial charge in [0.1, 0.15) is 6.10 Å². The third-order valence-electron chi connectivity index (χ3n) is 2.92. The molecule has 1 rings (SSSR count). The second-order valence-corrected chi connectivity index (χ2v) is 3.74. The zero-order valence-corrected chi connectivity index (χ0v) is 8.49. The molecule has 0 aliphatic carbocycles. The van der Waals surface area contributed by atoms with Gasteiger partial charge in [-0.1, -0.05) is 13.8 Å². The average Bonchev–Trinajstić information content (AvgIpc) is 2.16. The molecule has 76 valence electrons. The molecule has 0 aromatic rings. The lowest BCUT2D eigenvalue weighted by atomic mass is 9.82. The normalized spacial score (nSPS) is 31.8. The van der Waals surface area contributed by atoms with E-state index in [1.165, 1.54) is 0 Å². The van der Waals surface area contributed by atoms with Crippen LogP contribution >= 0.6 is 0 Å². The number of aliphatic hydroxyl groups is 1. The van der Waals surface area contributed by atoms with Crippen molar-refractivity contribution in [3.8, 4) is 0 Å². The maximum Gasteiger partial charge on any atom is 0.312 e. The summed E-state index contributed by atoms with van der Waals surface area (Å²) in [6.45, 7) is 5.82. The van der Waals surface area contributed by atoms with Crippen LogP contribution in [0.3, 0.4) is 0 Å². The Kier molecular flexibility index (Phi) is 3.31. The Hall–Kier alpha value is -0.570. The highest BCUT2D eigenvalue weighted by atomic mass is 16.6. The van der Waals surface area contributed by atoms with Crippen molar-refractivity contribution in [1.29, 1.82) is 0 Å². The molecule has 1 aliphatic heterocycles. The van der Waals surface area contributed by atoms with Crippen molar-refractivity contribution in [2.24, 2.45) is 11.8 Å². The number of hydrogen-bond acceptors (Lipinski definition) is 3. The van der Waals surface area contributed by atoms with E-state index in [1.807, 2.05) is 20.8 Å². The lowest BCUT2D eigenvalue weighted by Gasteiger charge is -2.39. The number of esters is 1. The maximum absolute atomic E-state index is 10.9. The van der Waals surface area contributed by atoms with Crippen molar-refractivity contribution in [2.75, 3.05) is 0 Å². The Morgan fingerprint density at radius 2 is 2.08 bits per heavy atom. The van der Waals surface area contributed by atoms with Crippen LogP contribution in [0.4, 0.5) is 0 Å². The van der Waals surface area contributed by atoms with E-state index in [0.717, 1.165) is 12.8 Å². The predicted molar refractivity (Wildman–Crippen MR) is 49.1 cm³/mol. The number of hydrogen-bond donors (Lipinski definition) is 1. The average molecular weight is 186 g/mol. The third kappa shape index (κ3) is 1.85. The number of cyclic esters (lactones) is 1. The first-order valence-electron chi connectivity index (χ1n) is 5.00. The van der Waals surface area contributed by atoms with Crippen LogP contribution in [-0.2, 0) is 9.53 Å². The van der Waals surface area contributed by atoms with E-state index in [0.29, 0.717) is 0 Å². The number of aliphatic hydroxyl groups excluding tert-OH is 1. The summed E-state index contributed by atoms with van der Waals surface area (Å²) < 4.78 is 5.03. The lowest BCUT2D eigenvalue weighted by Crippen LogP contribution is -2.50. The molecule has 0 aromatic carbocycles. The topological polar surface area (TPSA) is 46.5 Å².